The van der Waals surface area contributed by atoms with Gasteiger partial charge in [-0.05, 0) is 61.4 Å². The molecule has 143 heavy (non-hydrogen) atoms. The number of methoxy groups -OCH3 is 1. The number of amides is 2. The number of hydrogen-bond donors (Lipinski definition) is 12. The first-order valence-corrected chi connectivity index (χ1v) is 50.6. The summed E-state index contributed by atoms with van der Waals surface area (Å²) >= 11 is 31.5. The highest BCUT2D eigenvalue weighted by atomic mass is 35.5. The van der Waals surface area contributed by atoms with Gasteiger partial charge in [0.15, 0.2) is 23.1 Å². The Balaban J connectivity index is 0.000000123. The Hall–Kier alpha value is -14.2. The van der Waals surface area contributed by atoms with Crippen LogP contribution in [0.1, 0.15) is 98.6 Å². The molecule has 21 rings (SSSR count). The number of benzene rings is 6. The van der Waals surface area contributed by atoms with Crippen molar-refractivity contribution in [1.82, 2.24) is 69.6 Å². The highest BCUT2D eigenvalue weighted by Gasteiger charge is 2.32. The van der Waals surface area contributed by atoms with Crippen molar-refractivity contribution in [2.75, 3.05) is 154 Å². The maximum atomic E-state index is 12.9. The number of aromatic nitrogens is 12. The molecule has 35 nitrogen and oxygen atoms in total. The molecule has 0 spiro atoms. The third-order valence-electron chi connectivity index (χ3n) is 22.3. The third-order valence-corrected chi connectivity index (χ3v) is 30.3. The summed E-state index contributed by atoms with van der Waals surface area (Å²) in [5.74, 6) is 1.84. The summed E-state index contributed by atoms with van der Waals surface area (Å²) in [6.45, 7) is 11.5. The molecule has 12 aromatic heterocycles. The van der Waals surface area contributed by atoms with Gasteiger partial charge in [-0.3, -0.25) is 28.8 Å². The van der Waals surface area contributed by atoms with Gasteiger partial charge < -0.3 is 91.1 Å². The predicted octanol–water partition coefficient (Wildman–Crippen LogP) is 19.9. The SMILES string of the molecule is CC(=O)c1sc2nc(N)nc(-c3ccc(Cl)cc3)c2c1N.CC(=O)c1sc2nc(NC3CC3)nc(-c3ccc(Cl)cc3)c2c1N.CNc1nc(-c2ccc(Cl)cc2)c2c(N)c(C(C)=O)sc2n1.CNc1nc(-c2ccccc2)c2c(N)c(C(=O)N3CCOCC3)sc2n1.COCCNc1nc(-c2ccc(Cl)cc2)c2c(N)c(C(C)=O)sc2n1.Nc1nc(-c2ccccc2)c2c(N)c(C(=O)N3CCOCC3)sc2n1. The van der Waals surface area contributed by atoms with Crippen molar-refractivity contribution in [1.29, 1.82) is 0 Å². The van der Waals surface area contributed by atoms with E-state index in [2.05, 4.69) is 81.1 Å². The Bertz CT molecular complexity index is 7860. The van der Waals surface area contributed by atoms with Gasteiger partial charge in [0.1, 0.15) is 38.7 Å². The second kappa shape index (κ2) is 45.0. The lowest BCUT2D eigenvalue weighted by Crippen LogP contribution is -2.40. The number of fused-ring (bicyclic) bond motifs is 6. The number of carbonyl (C=O) groups excluding carboxylic acids is 6. The molecule has 18 aromatic rings. The number of ether oxygens (including phenoxy) is 3. The number of Topliss-reactive ketones (excluding diaryl/α,β-unsaturated/α-hetero) is 4. The zero-order valence-corrected chi connectivity index (χ0v) is 85.5. The molecule has 0 unspecified atom stereocenters. The van der Waals surface area contributed by atoms with E-state index in [-0.39, 0.29) is 46.8 Å². The molecule has 3 fully saturated rings. The molecule has 1 saturated carbocycles. The van der Waals surface area contributed by atoms with Crippen molar-refractivity contribution in [2.24, 2.45) is 0 Å². The van der Waals surface area contributed by atoms with Crippen molar-refractivity contribution in [2.45, 2.75) is 46.6 Å². The fraction of sp³-hybridized carbons (Fsp3) is 0.204. The molecular weight excluding hydrogens is 2020 g/mol. The molecule has 0 bridgehead atoms. The average Bonchev–Trinajstić information content (AvgIpc) is 1.61. The van der Waals surface area contributed by atoms with E-state index in [1.807, 2.05) is 121 Å². The molecule has 2 aliphatic heterocycles. The van der Waals surface area contributed by atoms with Gasteiger partial charge in [-0.15, -0.1) is 68.0 Å². The molecule has 45 heteroatoms. The van der Waals surface area contributed by atoms with E-state index in [1.54, 1.807) is 67.4 Å². The van der Waals surface area contributed by atoms with Gasteiger partial charge in [0.25, 0.3) is 11.8 Å². The second-order valence-corrected chi connectivity index (χ2v) is 40.0. The molecular formula is C98H92Cl4N26O9S6. The molecule has 3 aliphatic rings. The van der Waals surface area contributed by atoms with E-state index in [1.165, 1.54) is 95.7 Å². The maximum absolute atomic E-state index is 12.9. The standard InChI is InChI=1S/C18H19N5O2S.C17H17ClN4O2S.C17H15ClN4OS.C17H17N5O2S.C15H13ClN4OS.C14H11ClN4OS/c1-20-18-21-14(11-5-3-2-4-6-11)12-13(19)15(26-16(12)22-18)17(24)23-7-9-25-10-8-23;1-9(23)15-13(19)12-14(10-3-5-11(18)6-4-10)21-17(20-7-8-24-2)22-16(12)25-15;1-8(23)15-13(19)12-14(9-2-4-10(18)5-3-9)21-17(20-11-6-7-11)22-16(12)24-15;18-12-11-13(10-4-2-1-3-5-10)20-17(19)21-15(11)25-14(12)16(23)22-6-8-24-9-7-22;1-7(21)13-11(17)10-12(8-3-5-9(16)6-4-8)19-15(18-2)20-14(10)22-13;1-6(20)12-10(16)9-11(7-2-4-8(15)5-3-7)18-14(17)19-13(9)21-12/h2-6H,7-10,19H2,1H3,(H,20,21,22);3-6H,7-8,19H2,1-2H3,(H,20,21,22);2-5,11H,6-7,19H2,1H3,(H,20,21,22);1-5H,6-9,18H2,(H2,19,20,21);3-6H,17H2,1-2H3,(H,18,19,20);2-5H,16H2,1H3,(H2,17,18,19). The number of hydrogen-bond acceptors (Lipinski definition) is 39. The van der Waals surface area contributed by atoms with Gasteiger partial charge in [0.05, 0.1) is 153 Å². The molecule has 14 heterocycles. The summed E-state index contributed by atoms with van der Waals surface area (Å²) in [6.07, 6.45) is 2.26. The van der Waals surface area contributed by atoms with Crippen LogP contribution in [-0.2, 0) is 14.2 Å². The van der Waals surface area contributed by atoms with Crippen molar-refractivity contribution < 1.29 is 43.0 Å². The summed E-state index contributed by atoms with van der Waals surface area (Å²) in [6, 6.07) is 49.1. The van der Waals surface area contributed by atoms with E-state index in [0.717, 1.165) is 73.2 Å². The number of halogens is 4. The van der Waals surface area contributed by atoms with Gasteiger partial charge in [0.2, 0.25) is 35.7 Å². The summed E-state index contributed by atoms with van der Waals surface area (Å²) < 4.78 is 15.7. The van der Waals surface area contributed by atoms with Crippen LogP contribution in [0.3, 0.4) is 0 Å². The maximum Gasteiger partial charge on any atom is 0.266 e. The monoisotopic (exact) mass is 2110 g/mol. The van der Waals surface area contributed by atoms with E-state index < -0.39 is 0 Å². The zero-order valence-electron chi connectivity index (χ0n) is 77.6. The lowest BCUT2D eigenvalue weighted by atomic mass is 10.1. The van der Waals surface area contributed by atoms with Crippen LogP contribution in [0.4, 0.5) is 69.8 Å². The third kappa shape index (κ3) is 22.8. The van der Waals surface area contributed by atoms with Crippen LogP contribution in [0.15, 0.2) is 158 Å². The fourth-order valence-corrected chi connectivity index (χ4v) is 21.9. The van der Waals surface area contributed by atoms with Crippen LogP contribution >= 0.6 is 114 Å². The molecule has 20 N–H and O–H groups in total. The molecule has 732 valence electrons. The van der Waals surface area contributed by atoms with E-state index in [9.17, 15) is 28.8 Å². The van der Waals surface area contributed by atoms with Crippen LogP contribution in [0.5, 0.6) is 0 Å². The minimum Gasteiger partial charge on any atom is -0.397 e. The first-order valence-electron chi connectivity index (χ1n) is 44.2. The van der Waals surface area contributed by atoms with Crippen molar-refractivity contribution in [3.05, 3.63) is 207 Å². The number of morpholine rings is 2. The summed E-state index contributed by atoms with van der Waals surface area (Å²) in [5.41, 5.74) is 61.0. The first-order chi connectivity index (χ1) is 68.8. The quantitative estimate of drug-likeness (QED) is 0.0249. The van der Waals surface area contributed by atoms with Gasteiger partial charge in [-0.2, -0.15) is 0 Å². The van der Waals surface area contributed by atoms with Crippen LogP contribution in [-0.4, -0.2) is 198 Å². The fourth-order valence-electron chi connectivity index (χ4n) is 15.3. The Labute approximate surface area is 861 Å². The van der Waals surface area contributed by atoms with Crippen molar-refractivity contribution in [3.63, 3.8) is 0 Å². The minimum absolute atomic E-state index is 0.0609. The highest BCUT2D eigenvalue weighted by molar-refractivity contribution is 7.23. The number of nitrogens with zero attached hydrogens (tertiary/aromatic N) is 14. The number of carbonyl (C=O) groups is 6. The van der Waals surface area contributed by atoms with E-state index >= 15 is 0 Å². The van der Waals surface area contributed by atoms with Crippen LogP contribution in [0.2, 0.25) is 20.1 Å². The van der Waals surface area contributed by atoms with Gasteiger partial charge in [-0.25, -0.2) is 59.8 Å². The molecule has 2 amide bonds. The molecule has 2 saturated heterocycles. The minimum atomic E-state index is -0.101. The van der Waals surface area contributed by atoms with E-state index in [4.69, 9.17) is 106 Å². The molecule has 6 aromatic carbocycles. The normalized spacial score (nSPS) is 12.8. The number of nitrogens with one attached hydrogen (secondary N) is 4. The number of nitrogen functional groups attached to an aromatic ring is 8. The van der Waals surface area contributed by atoms with Gasteiger partial charge in [0, 0.05) is 141 Å². The Morgan fingerprint density at radius 3 is 0.881 bits per heavy atom. The average molecular weight is 2110 g/mol. The van der Waals surface area contributed by atoms with Gasteiger partial charge in [-0.1, -0.05) is 156 Å². The van der Waals surface area contributed by atoms with Crippen molar-refractivity contribution in [3.8, 4) is 67.5 Å². The molecule has 0 radical (unpaired) electrons. The highest BCUT2D eigenvalue weighted by Crippen LogP contribution is 2.47. The second-order valence-electron chi connectivity index (χ2n) is 32.2. The number of rotatable bonds is 20. The topological polar surface area (TPSA) is 548 Å². The number of thiophene rings is 6. The number of anilines is 12. The van der Waals surface area contributed by atoms with Gasteiger partial charge >= 0.3 is 0 Å². The van der Waals surface area contributed by atoms with E-state index in [0.29, 0.717) is 248 Å². The lowest BCUT2D eigenvalue weighted by Gasteiger charge is -2.26. The van der Waals surface area contributed by atoms with Crippen LogP contribution in [0, 0.1) is 0 Å². The smallest absolute Gasteiger partial charge is 0.266 e. The summed E-state index contributed by atoms with van der Waals surface area (Å²) in [7, 11) is 5.15. The van der Waals surface area contributed by atoms with Crippen LogP contribution < -0.4 is 67.1 Å². The van der Waals surface area contributed by atoms with Crippen LogP contribution in [0.25, 0.3) is 129 Å². The summed E-state index contributed by atoms with van der Waals surface area (Å²) in [4.78, 5) is 137. The zero-order chi connectivity index (χ0) is 101. The predicted molar refractivity (Wildman–Crippen MR) is 582 cm³/mol. The number of ketones is 4. The lowest BCUT2D eigenvalue weighted by molar-refractivity contribution is 0.0305. The Morgan fingerprint density at radius 1 is 0.343 bits per heavy atom. The first kappa shape index (κ1) is 102. The van der Waals surface area contributed by atoms with Crippen molar-refractivity contribution >= 4 is 280 Å². The number of nitrogens with two attached hydrogens (primary N) is 8. The largest absolute Gasteiger partial charge is 0.397 e. The Kier molecular flexibility index (Phi) is 32.0. The molecule has 1 aliphatic carbocycles. The molecule has 0 atom stereocenters. The Morgan fingerprint density at radius 2 is 0.594 bits per heavy atom. The summed E-state index contributed by atoms with van der Waals surface area (Å²) in [5, 5.41) is 19.1.